The molecule has 0 radical (unpaired) electrons. The molecule has 0 aliphatic carbocycles. The maximum Gasteiger partial charge on any atom is 0.281 e. The van der Waals surface area contributed by atoms with Gasteiger partial charge in [-0.1, -0.05) is 0 Å². The highest BCUT2D eigenvalue weighted by Crippen LogP contribution is 2.28. The van der Waals surface area contributed by atoms with Crippen LogP contribution in [0, 0.1) is 14.9 Å². The van der Waals surface area contributed by atoms with Crippen molar-refractivity contribution in [2.75, 3.05) is 0 Å². The molecule has 1 aromatic heterocycles. The summed E-state index contributed by atoms with van der Waals surface area (Å²) in [4.78, 5) is 3.73. The molecule has 0 unspecified atom stereocenters. The van der Waals surface area contributed by atoms with Crippen LogP contribution in [0.4, 0.5) is 8.78 Å². The van der Waals surface area contributed by atoms with Crippen molar-refractivity contribution in [3.05, 3.63) is 25.5 Å². The zero-order valence-corrected chi connectivity index (χ0v) is 10.5. The summed E-state index contributed by atoms with van der Waals surface area (Å²) in [5.41, 5.74) is 0.0854. The molecule has 0 N–H and O–H groups in total. The van der Waals surface area contributed by atoms with Crippen molar-refractivity contribution >= 4 is 38.5 Å². The van der Waals surface area contributed by atoms with Crippen LogP contribution in [0.2, 0.25) is 0 Å². The minimum absolute atomic E-state index is 0.0469. The van der Waals surface area contributed by atoms with Gasteiger partial charge in [-0.15, -0.1) is 0 Å². The molecular weight excluding hydrogens is 369 g/mol. The van der Waals surface area contributed by atoms with Crippen LogP contribution in [-0.4, -0.2) is 4.98 Å². The number of nitriles is 1. The van der Waals surface area contributed by atoms with Gasteiger partial charge in [0.1, 0.15) is 5.69 Å². The molecule has 0 amide bonds. The summed E-state index contributed by atoms with van der Waals surface area (Å²) in [7, 11) is 0. The van der Waals surface area contributed by atoms with Gasteiger partial charge in [-0.2, -0.15) is 5.26 Å². The standard InChI is InChI=1S/C8H4BrF2IN2/c9-4-3-5(12)6(1-2-13)14-7(4)8(10)11/h3,8H,1H2. The molecule has 0 saturated carbocycles. The van der Waals surface area contributed by atoms with Gasteiger partial charge >= 0.3 is 0 Å². The number of nitrogens with zero attached hydrogens (tertiary/aromatic N) is 2. The van der Waals surface area contributed by atoms with Crippen LogP contribution in [0.25, 0.3) is 0 Å². The Morgan fingerprint density at radius 2 is 2.29 bits per heavy atom. The van der Waals surface area contributed by atoms with Gasteiger partial charge in [-0.05, 0) is 44.6 Å². The van der Waals surface area contributed by atoms with E-state index in [9.17, 15) is 8.78 Å². The predicted octanol–water partition coefficient (Wildman–Crippen LogP) is 3.45. The Morgan fingerprint density at radius 1 is 1.64 bits per heavy atom. The fourth-order valence-corrected chi connectivity index (χ4v) is 2.41. The van der Waals surface area contributed by atoms with Crippen LogP contribution in [0.1, 0.15) is 17.8 Å². The molecule has 0 spiro atoms. The van der Waals surface area contributed by atoms with Crippen molar-refractivity contribution < 1.29 is 8.78 Å². The van der Waals surface area contributed by atoms with Crippen LogP contribution in [0.5, 0.6) is 0 Å². The monoisotopic (exact) mass is 372 g/mol. The molecular formula is C8H4BrF2IN2. The quantitative estimate of drug-likeness (QED) is 0.745. The van der Waals surface area contributed by atoms with E-state index < -0.39 is 6.43 Å². The lowest BCUT2D eigenvalue weighted by Crippen LogP contribution is -2.00. The van der Waals surface area contributed by atoms with Crippen molar-refractivity contribution in [2.45, 2.75) is 12.8 Å². The second-order valence-corrected chi connectivity index (χ2v) is 4.44. The summed E-state index contributed by atoms with van der Waals surface area (Å²) in [5.74, 6) is 0. The van der Waals surface area contributed by atoms with Gasteiger partial charge in [-0.25, -0.2) is 13.8 Å². The second kappa shape index (κ2) is 4.98. The van der Waals surface area contributed by atoms with Gasteiger partial charge in [0.25, 0.3) is 6.43 Å². The Labute approximate surface area is 102 Å². The van der Waals surface area contributed by atoms with E-state index in [4.69, 9.17) is 5.26 Å². The fourth-order valence-electron chi connectivity index (χ4n) is 0.873. The Morgan fingerprint density at radius 3 is 2.79 bits per heavy atom. The molecule has 1 rings (SSSR count). The van der Waals surface area contributed by atoms with E-state index in [2.05, 4.69) is 20.9 Å². The second-order valence-electron chi connectivity index (χ2n) is 2.42. The van der Waals surface area contributed by atoms with E-state index >= 15 is 0 Å². The minimum atomic E-state index is -2.63. The molecule has 0 aliphatic rings. The third-order valence-corrected chi connectivity index (χ3v) is 3.05. The van der Waals surface area contributed by atoms with E-state index in [1.54, 1.807) is 6.07 Å². The summed E-state index contributed by atoms with van der Waals surface area (Å²) >= 11 is 4.96. The summed E-state index contributed by atoms with van der Waals surface area (Å²) in [6.45, 7) is 0. The lowest BCUT2D eigenvalue weighted by Gasteiger charge is -2.06. The smallest absolute Gasteiger partial charge is 0.248 e. The topological polar surface area (TPSA) is 36.7 Å². The minimum Gasteiger partial charge on any atom is -0.248 e. The maximum atomic E-state index is 12.4. The third kappa shape index (κ3) is 2.60. The first-order chi connectivity index (χ1) is 6.56. The van der Waals surface area contributed by atoms with Gasteiger partial charge in [0.15, 0.2) is 0 Å². The number of halogens is 4. The van der Waals surface area contributed by atoms with E-state index in [0.29, 0.717) is 9.26 Å². The first-order valence-corrected chi connectivity index (χ1v) is 5.43. The maximum absolute atomic E-state index is 12.4. The molecule has 74 valence electrons. The molecule has 0 saturated heterocycles. The molecule has 0 atom stereocenters. The Kier molecular flexibility index (Phi) is 4.19. The first-order valence-electron chi connectivity index (χ1n) is 3.56. The highest BCUT2D eigenvalue weighted by molar-refractivity contribution is 14.1. The molecule has 14 heavy (non-hydrogen) atoms. The van der Waals surface area contributed by atoms with Crippen molar-refractivity contribution in [2.24, 2.45) is 0 Å². The number of alkyl halides is 2. The van der Waals surface area contributed by atoms with E-state index in [1.165, 1.54) is 0 Å². The van der Waals surface area contributed by atoms with Gasteiger partial charge < -0.3 is 0 Å². The molecule has 1 heterocycles. The van der Waals surface area contributed by atoms with Crippen LogP contribution in [0.3, 0.4) is 0 Å². The van der Waals surface area contributed by atoms with Crippen LogP contribution < -0.4 is 0 Å². The van der Waals surface area contributed by atoms with Crippen molar-refractivity contribution in [3.63, 3.8) is 0 Å². The molecule has 0 aromatic carbocycles. The van der Waals surface area contributed by atoms with Gasteiger partial charge in [-0.3, -0.25) is 0 Å². The van der Waals surface area contributed by atoms with Crippen LogP contribution in [-0.2, 0) is 6.42 Å². The average Bonchev–Trinajstić information content (AvgIpc) is 2.09. The summed E-state index contributed by atoms with van der Waals surface area (Å²) in [6, 6.07) is 3.43. The molecule has 0 fully saturated rings. The highest BCUT2D eigenvalue weighted by atomic mass is 127. The Hall–Kier alpha value is -0.290. The van der Waals surface area contributed by atoms with Gasteiger partial charge in [0, 0.05) is 8.04 Å². The highest BCUT2D eigenvalue weighted by Gasteiger charge is 2.16. The number of hydrogen-bond acceptors (Lipinski definition) is 2. The summed E-state index contributed by atoms with van der Waals surface area (Å²) in [6.07, 6.45) is -2.58. The van der Waals surface area contributed by atoms with Gasteiger partial charge in [0.05, 0.1) is 18.2 Å². The lowest BCUT2D eigenvalue weighted by molar-refractivity contribution is 0.145. The predicted molar refractivity (Wildman–Crippen MR) is 58.9 cm³/mol. The van der Waals surface area contributed by atoms with Crippen molar-refractivity contribution in [3.8, 4) is 6.07 Å². The largest absolute Gasteiger partial charge is 0.281 e. The normalized spacial score (nSPS) is 10.3. The SMILES string of the molecule is N#CCc1nc(C(F)F)c(Br)cc1I. The number of rotatable bonds is 2. The number of aromatic nitrogens is 1. The van der Waals surface area contributed by atoms with Crippen LogP contribution in [0.15, 0.2) is 10.5 Å². The van der Waals surface area contributed by atoms with Crippen LogP contribution >= 0.6 is 38.5 Å². The van der Waals surface area contributed by atoms with E-state index in [1.807, 2.05) is 28.7 Å². The van der Waals surface area contributed by atoms with Crippen molar-refractivity contribution in [1.29, 1.82) is 5.26 Å². The zero-order chi connectivity index (χ0) is 10.7. The molecule has 0 aliphatic heterocycles. The van der Waals surface area contributed by atoms with Crippen molar-refractivity contribution in [1.82, 2.24) is 4.98 Å². The molecule has 6 heteroatoms. The third-order valence-electron chi connectivity index (χ3n) is 1.48. The number of pyridine rings is 1. The molecule has 2 nitrogen and oxygen atoms in total. The lowest BCUT2D eigenvalue weighted by atomic mass is 10.2. The van der Waals surface area contributed by atoms with E-state index in [-0.39, 0.29) is 16.6 Å². The van der Waals surface area contributed by atoms with E-state index in [0.717, 1.165) is 0 Å². The molecule has 0 bridgehead atoms. The number of hydrogen-bond donors (Lipinski definition) is 0. The Balaban J connectivity index is 3.21. The summed E-state index contributed by atoms with van der Waals surface area (Å²) < 4.78 is 25.8. The molecule has 1 aromatic rings. The fraction of sp³-hybridized carbons (Fsp3) is 0.250. The summed E-state index contributed by atoms with van der Waals surface area (Å²) in [5, 5.41) is 8.45. The van der Waals surface area contributed by atoms with Gasteiger partial charge in [0.2, 0.25) is 0 Å². The average molecular weight is 373 g/mol. The Bertz CT molecular complexity index is 390. The first kappa shape index (κ1) is 11.8. The zero-order valence-electron chi connectivity index (χ0n) is 6.77.